The molecule has 4 heteroatoms. The third-order valence-corrected chi connectivity index (χ3v) is 3.88. The van der Waals surface area contributed by atoms with Crippen LogP contribution in [-0.2, 0) is 11.2 Å². The van der Waals surface area contributed by atoms with E-state index >= 15 is 0 Å². The van der Waals surface area contributed by atoms with Gasteiger partial charge in [0.25, 0.3) is 0 Å². The van der Waals surface area contributed by atoms with Gasteiger partial charge in [-0.3, -0.25) is 0 Å². The number of nitrogens with zero attached hydrogens (tertiary/aromatic N) is 1. The van der Waals surface area contributed by atoms with Gasteiger partial charge >= 0.3 is 0 Å². The molecule has 0 saturated carbocycles. The molecule has 1 heterocycles. The molecule has 0 radical (unpaired) electrons. The lowest BCUT2D eigenvalue weighted by Crippen LogP contribution is -2.42. The first-order chi connectivity index (χ1) is 8.74. The Morgan fingerprint density at radius 1 is 1.50 bits per heavy atom. The fraction of sp³-hybridized carbons (Fsp3) is 0.571. The zero-order chi connectivity index (χ0) is 13.0. The summed E-state index contributed by atoms with van der Waals surface area (Å²) in [6.45, 7) is 5.63. The Morgan fingerprint density at radius 2 is 2.33 bits per heavy atom. The summed E-state index contributed by atoms with van der Waals surface area (Å²) >= 11 is 3.53. The van der Waals surface area contributed by atoms with Gasteiger partial charge in [0.15, 0.2) is 0 Å². The minimum atomic E-state index is 0.355. The lowest BCUT2D eigenvalue weighted by molar-refractivity contribution is 0.0384. The highest BCUT2D eigenvalue weighted by molar-refractivity contribution is 9.10. The largest absolute Gasteiger partial charge is 0.375 e. The molecule has 0 bridgehead atoms. The Labute approximate surface area is 117 Å². The van der Waals surface area contributed by atoms with Gasteiger partial charge in [-0.1, -0.05) is 22.9 Å². The number of ether oxygens (including phenoxy) is 1. The average molecular weight is 313 g/mol. The van der Waals surface area contributed by atoms with Crippen molar-refractivity contribution in [2.75, 3.05) is 31.1 Å². The maximum Gasteiger partial charge on any atom is 0.0748 e. The van der Waals surface area contributed by atoms with Gasteiger partial charge in [-0.25, -0.2) is 0 Å². The molecule has 1 unspecified atom stereocenters. The molecule has 18 heavy (non-hydrogen) atoms. The zero-order valence-electron chi connectivity index (χ0n) is 10.9. The first-order valence-corrected chi connectivity index (χ1v) is 7.39. The van der Waals surface area contributed by atoms with Crippen LogP contribution in [0.15, 0.2) is 22.7 Å². The van der Waals surface area contributed by atoms with Crippen molar-refractivity contribution in [1.29, 1.82) is 0 Å². The maximum atomic E-state index is 5.73. The number of hydrogen-bond acceptors (Lipinski definition) is 3. The van der Waals surface area contributed by atoms with Crippen molar-refractivity contribution in [2.24, 2.45) is 5.73 Å². The first-order valence-electron chi connectivity index (χ1n) is 6.59. The van der Waals surface area contributed by atoms with Gasteiger partial charge in [-0.05, 0) is 43.1 Å². The highest BCUT2D eigenvalue weighted by Crippen LogP contribution is 2.27. The Hall–Kier alpha value is -0.580. The van der Waals surface area contributed by atoms with Crippen molar-refractivity contribution < 1.29 is 4.74 Å². The van der Waals surface area contributed by atoms with Crippen molar-refractivity contribution in [3.8, 4) is 0 Å². The van der Waals surface area contributed by atoms with E-state index in [0.29, 0.717) is 12.6 Å². The van der Waals surface area contributed by atoms with Gasteiger partial charge < -0.3 is 15.4 Å². The fourth-order valence-corrected chi connectivity index (χ4v) is 2.81. The number of nitrogens with two attached hydrogens (primary N) is 1. The van der Waals surface area contributed by atoms with Gasteiger partial charge in [0.2, 0.25) is 0 Å². The van der Waals surface area contributed by atoms with Gasteiger partial charge in [0.05, 0.1) is 12.7 Å². The number of anilines is 1. The SMILES string of the molecule is CCC1CN(c2ccc(Br)cc2CCN)CCO1. The summed E-state index contributed by atoms with van der Waals surface area (Å²) in [6.07, 6.45) is 2.34. The van der Waals surface area contributed by atoms with Crippen molar-refractivity contribution in [1.82, 2.24) is 0 Å². The zero-order valence-corrected chi connectivity index (χ0v) is 12.4. The molecule has 0 aromatic heterocycles. The van der Waals surface area contributed by atoms with Gasteiger partial charge in [0.1, 0.15) is 0 Å². The molecule has 1 aromatic carbocycles. The monoisotopic (exact) mass is 312 g/mol. The lowest BCUT2D eigenvalue weighted by atomic mass is 10.1. The third kappa shape index (κ3) is 3.25. The summed E-state index contributed by atoms with van der Waals surface area (Å²) in [6, 6.07) is 6.47. The second kappa shape index (κ2) is 6.55. The summed E-state index contributed by atoms with van der Waals surface area (Å²) in [4.78, 5) is 2.43. The van der Waals surface area contributed by atoms with E-state index in [1.54, 1.807) is 0 Å². The Kier molecular flexibility index (Phi) is 5.03. The molecule has 100 valence electrons. The van der Waals surface area contributed by atoms with E-state index in [9.17, 15) is 0 Å². The fourth-order valence-electron chi connectivity index (χ4n) is 2.40. The maximum absolute atomic E-state index is 5.73. The highest BCUT2D eigenvalue weighted by atomic mass is 79.9. The Balaban J connectivity index is 2.20. The van der Waals surface area contributed by atoms with Crippen LogP contribution in [0.3, 0.4) is 0 Å². The van der Waals surface area contributed by atoms with Crippen LogP contribution in [0.1, 0.15) is 18.9 Å². The van der Waals surface area contributed by atoms with E-state index < -0.39 is 0 Å². The van der Waals surface area contributed by atoms with E-state index in [2.05, 4.69) is 46.0 Å². The van der Waals surface area contributed by atoms with Crippen molar-refractivity contribution in [3.63, 3.8) is 0 Å². The van der Waals surface area contributed by atoms with Crippen molar-refractivity contribution >= 4 is 21.6 Å². The molecule has 0 spiro atoms. The molecule has 1 saturated heterocycles. The number of rotatable bonds is 4. The highest BCUT2D eigenvalue weighted by Gasteiger charge is 2.20. The first kappa shape index (κ1) is 13.8. The molecule has 2 rings (SSSR count). The molecular weight excluding hydrogens is 292 g/mol. The predicted octanol–water partition coefficient (Wildman–Crippen LogP) is 2.57. The van der Waals surface area contributed by atoms with Gasteiger partial charge in [0, 0.05) is 23.2 Å². The molecule has 1 aliphatic heterocycles. The van der Waals surface area contributed by atoms with Crippen LogP contribution in [-0.4, -0.2) is 32.3 Å². The normalized spacial score (nSPS) is 20.2. The molecule has 0 aliphatic carbocycles. The van der Waals surface area contributed by atoms with Crippen LogP contribution >= 0.6 is 15.9 Å². The molecular formula is C14H21BrN2O. The summed E-state index contributed by atoms with van der Waals surface area (Å²) in [5, 5.41) is 0. The van der Waals surface area contributed by atoms with E-state index in [1.165, 1.54) is 11.3 Å². The molecule has 3 nitrogen and oxygen atoms in total. The summed E-state index contributed by atoms with van der Waals surface area (Å²) in [7, 11) is 0. The lowest BCUT2D eigenvalue weighted by Gasteiger charge is -2.35. The number of morpholine rings is 1. The van der Waals surface area contributed by atoms with Crippen molar-refractivity contribution in [2.45, 2.75) is 25.9 Å². The second-order valence-corrected chi connectivity index (χ2v) is 5.57. The second-order valence-electron chi connectivity index (χ2n) is 4.66. The molecule has 0 amide bonds. The van der Waals surface area contributed by atoms with Gasteiger partial charge in [-0.15, -0.1) is 0 Å². The van der Waals surface area contributed by atoms with Crippen LogP contribution in [0.25, 0.3) is 0 Å². The van der Waals surface area contributed by atoms with Crippen LogP contribution in [0.5, 0.6) is 0 Å². The van der Waals surface area contributed by atoms with E-state index in [1.807, 2.05) is 0 Å². The molecule has 1 atom stereocenters. The smallest absolute Gasteiger partial charge is 0.0748 e. The quantitative estimate of drug-likeness (QED) is 0.928. The van der Waals surface area contributed by atoms with Crippen LogP contribution in [0.4, 0.5) is 5.69 Å². The van der Waals surface area contributed by atoms with E-state index in [-0.39, 0.29) is 0 Å². The minimum absolute atomic E-state index is 0.355. The van der Waals surface area contributed by atoms with Gasteiger partial charge in [-0.2, -0.15) is 0 Å². The standard InChI is InChI=1S/C14H21BrN2O/c1-2-13-10-17(7-8-18-13)14-4-3-12(15)9-11(14)5-6-16/h3-4,9,13H,2,5-8,10,16H2,1H3. The number of halogens is 1. The molecule has 1 fully saturated rings. The van der Waals surface area contributed by atoms with Crippen LogP contribution in [0, 0.1) is 0 Å². The Morgan fingerprint density at radius 3 is 3.06 bits per heavy atom. The van der Waals surface area contributed by atoms with Crippen LogP contribution < -0.4 is 10.6 Å². The van der Waals surface area contributed by atoms with E-state index in [4.69, 9.17) is 10.5 Å². The molecule has 1 aromatic rings. The summed E-state index contributed by atoms with van der Waals surface area (Å²) in [5.41, 5.74) is 8.34. The van der Waals surface area contributed by atoms with Crippen molar-refractivity contribution in [3.05, 3.63) is 28.2 Å². The van der Waals surface area contributed by atoms with E-state index in [0.717, 1.165) is 37.0 Å². The Bertz CT molecular complexity index is 397. The molecule has 1 aliphatic rings. The average Bonchev–Trinajstić information content (AvgIpc) is 2.39. The van der Waals surface area contributed by atoms with Crippen LogP contribution in [0.2, 0.25) is 0 Å². The molecule has 2 N–H and O–H groups in total. The number of hydrogen-bond donors (Lipinski definition) is 1. The summed E-state index contributed by atoms with van der Waals surface area (Å²) in [5.74, 6) is 0. The minimum Gasteiger partial charge on any atom is -0.375 e. The third-order valence-electron chi connectivity index (χ3n) is 3.39. The number of benzene rings is 1. The topological polar surface area (TPSA) is 38.5 Å². The predicted molar refractivity (Wildman–Crippen MR) is 79.1 cm³/mol. The summed E-state index contributed by atoms with van der Waals surface area (Å²) < 4.78 is 6.85.